The second-order valence-corrected chi connectivity index (χ2v) is 3.67. The molecule has 0 amide bonds. The number of halogens is 3. The summed E-state index contributed by atoms with van der Waals surface area (Å²) >= 11 is 0. The molecule has 0 aromatic heterocycles. The molecule has 0 heterocycles. The van der Waals surface area contributed by atoms with E-state index in [4.69, 9.17) is 0 Å². The van der Waals surface area contributed by atoms with E-state index in [9.17, 15) is 13.3 Å². The number of hydrogen-bond acceptors (Lipinski definition) is 1. The molecule has 0 N–H and O–H groups in total. The minimum Gasteiger partial charge on any atom is -0.294 e. The van der Waals surface area contributed by atoms with Crippen molar-refractivity contribution in [1.29, 1.82) is 0 Å². The Kier molecular flexibility index (Phi) is 3.04. The zero-order valence-electron chi connectivity index (χ0n) is 9.01. The van der Waals surface area contributed by atoms with E-state index in [0.29, 0.717) is 11.1 Å². The average Bonchev–Trinajstić information content (AvgIpc) is 2.35. The van der Waals surface area contributed by atoms with E-state index in [-0.39, 0.29) is 11.3 Å². The predicted octanol–water partition coefficient (Wildman–Crippen LogP) is 4.20. The molecule has 0 saturated carbocycles. The molecule has 0 atom stereocenters. The van der Waals surface area contributed by atoms with Gasteiger partial charge in [-0.15, -0.1) is 0 Å². The molecular formula is C13H9F3O. The highest BCUT2D eigenvalue weighted by Gasteiger charge is 2.08. The first-order chi connectivity index (χ1) is 8.11. The number of hydrogen-bond donors (Lipinski definition) is 0. The molecule has 4 heteroatoms. The van der Waals surface area contributed by atoms with Gasteiger partial charge in [-0.1, -0.05) is 12.1 Å². The van der Waals surface area contributed by atoms with E-state index in [1.807, 2.05) is 0 Å². The number of rotatable bonds is 2. The maximum atomic E-state index is 13.3. The van der Waals surface area contributed by atoms with Crippen molar-refractivity contribution >= 4 is 0 Å². The van der Waals surface area contributed by atoms with Crippen LogP contribution in [0.3, 0.4) is 0 Å². The Labute approximate surface area is 96.4 Å². The van der Waals surface area contributed by atoms with Gasteiger partial charge in [-0.05, 0) is 42.3 Å². The minimum absolute atomic E-state index is 0.0162. The van der Waals surface area contributed by atoms with Gasteiger partial charge in [0.1, 0.15) is 11.6 Å². The average molecular weight is 238 g/mol. The lowest BCUT2D eigenvalue weighted by Gasteiger charge is -2.05. The Bertz CT molecular complexity index is 512. The van der Waals surface area contributed by atoms with Gasteiger partial charge in [0.25, 0.3) is 0 Å². The highest BCUT2D eigenvalue weighted by molar-refractivity contribution is 5.64. The topological polar surface area (TPSA) is 9.23 Å². The van der Waals surface area contributed by atoms with Crippen molar-refractivity contribution in [2.75, 3.05) is 0 Å². The molecule has 0 saturated heterocycles. The third-order valence-corrected chi connectivity index (χ3v) is 2.56. The minimum atomic E-state index is -0.606. The summed E-state index contributed by atoms with van der Waals surface area (Å²) in [5.41, 5.74) is 0.970. The van der Waals surface area contributed by atoms with Crippen molar-refractivity contribution in [2.45, 2.75) is 6.92 Å². The van der Waals surface area contributed by atoms with Gasteiger partial charge in [-0.25, -0.2) is 8.78 Å². The van der Waals surface area contributed by atoms with Gasteiger partial charge in [-0.2, -0.15) is 0 Å². The van der Waals surface area contributed by atoms with Gasteiger partial charge in [-0.3, -0.25) is 4.94 Å². The van der Waals surface area contributed by atoms with Crippen LogP contribution in [0.2, 0.25) is 0 Å². The summed E-state index contributed by atoms with van der Waals surface area (Å²) in [7, 11) is 0. The molecule has 0 bridgehead atoms. The van der Waals surface area contributed by atoms with E-state index < -0.39 is 11.6 Å². The molecule has 0 unspecified atom stereocenters. The highest BCUT2D eigenvalue weighted by atomic mass is 19.3. The number of benzene rings is 2. The molecule has 1 nitrogen and oxygen atoms in total. The fourth-order valence-corrected chi connectivity index (χ4v) is 1.51. The molecule has 0 aliphatic rings. The molecule has 0 aliphatic carbocycles. The standard InChI is InChI=1S/C13H9F3O/c1-8-12(14)6-10(7-13(8)15)9-2-4-11(17-16)5-3-9/h2-7H,1H3. The fraction of sp³-hybridized carbons (Fsp3) is 0.0769. The molecule has 17 heavy (non-hydrogen) atoms. The van der Waals surface area contributed by atoms with Crippen molar-refractivity contribution in [1.82, 2.24) is 0 Å². The van der Waals surface area contributed by atoms with E-state index in [1.54, 1.807) is 0 Å². The highest BCUT2D eigenvalue weighted by Crippen LogP contribution is 2.25. The largest absolute Gasteiger partial charge is 0.294 e. The Hall–Kier alpha value is -1.97. The van der Waals surface area contributed by atoms with Crippen LogP contribution in [0.25, 0.3) is 11.1 Å². The smallest absolute Gasteiger partial charge is 0.171 e. The molecule has 2 rings (SSSR count). The van der Waals surface area contributed by atoms with Gasteiger partial charge in [0.05, 0.1) is 0 Å². The van der Waals surface area contributed by atoms with E-state index in [0.717, 1.165) is 0 Å². The van der Waals surface area contributed by atoms with Gasteiger partial charge in [0.15, 0.2) is 5.75 Å². The fourth-order valence-electron chi connectivity index (χ4n) is 1.51. The lowest BCUT2D eigenvalue weighted by Crippen LogP contribution is -1.90. The Morgan fingerprint density at radius 1 is 0.882 bits per heavy atom. The summed E-state index contributed by atoms with van der Waals surface area (Å²) in [5.74, 6) is -1.17. The Morgan fingerprint density at radius 2 is 1.41 bits per heavy atom. The first-order valence-corrected chi connectivity index (χ1v) is 4.96. The van der Waals surface area contributed by atoms with Crippen LogP contribution >= 0.6 is 0 Å². The summed E-state index contributed by atoms with van der Waals surface area (Å²) in [4.78, 5) is 3.52. The first-order valence-electron chi connectivity index (χ1n) is 4.96. The van der Waals surface area contributed by atoms with Gasteiger partial charge in [0, 0.05) is 10.1 Å². The van der Waals surface area contributed by atoms with Crippen LogP contribution in [0.1, 0.15) is 5.56 Å². The predicted molar refractivity (Wildman–Crippen MR) is 58.3 cm³/mol. The zero-order chi connectivity index (χ0) is 12.4. The second-order valence-electron chi connectivity index (χ2n) is 3.67. The first kappa shape index (κ1) is 11.5. The van der Waals surface area contributed by atoms with Crippen molar-refractivity contribution in [3.05, 3.63) is 53.6 Å². The zero-order valence-corrected chi connectivity index (χ0v) is 9.01. The summed E-state index contributed by atoms with van der Waals surface area (Å²) in [6, 6.07) is 8.29. The van der Waals surface area contributed by atoms with E-state index >= 15 is 0 Å². The van der Waals surface area contributed by atoms with Gasteiger partial charge >= 0.3 is 0 Å². The van der Waals surface area contributed by atoms with Crippen LogP contribution in [0.15, 0.2) is 36.4 Å². The molecule has 0 radical (unpaired) electrons. The van der Waals surface area contributed by atoms with Crippen LogP contribution < -0.4 is 4.94 Å². The maximum Gasteiger partial charge on any atom is 0.171 e. The summed E-state index contributed by atoms with van der Waals surface area (Å²) < 4.78 is 38.5. The quantitative estimate of drug-likeness (QED) is 0.761. The maximum absolute atomic E-state index is 13.3. The molecule has 88 valence electrons. The molecule has 2 aromatic rings. The van der Waals surface area contributed by atoms with E-state index in [2.05, 4.69) is 4.94 Å². The third kappa shape index (κ3) is 2.25. The van der Waals surface area contributed by atoms with Crippen LogP contribution in [-0.2, 0) is 0 Å². The van der Waals surface area contributed by atoms with Crippen molar-refractivity contribution in [2.24, 2.45) is 0 Å². The summed E-state index contributed by atoms with van der Waals surface area (Å²) in [6.07, 6.45) is 0. The van der Waals surface area contributed by atoms with Crippen molar-refractivity contribution in [3.63, 3.8) is 0 Å². The van der Waals surface area contributed by atoms with Crippen molar-refractivity contribution in [3.8, 4) is 16.9 Å². The van der Waals surface area contributed by atoms with Crippen LogP contribution in [0, 0.1) is 18.6 Å². The normalized spacial score (nSPS) is 10.4. The summed E-state index contributed by atoms with van der Waals surface area (Å²) in [6.45, 7) is 1.37. The molecule has 0 spiro atoms. The SMILES string of the molecule is Cc1c(F)cc(-c2ccc(OF)cc2)cc1F. The Balaban J connectivity index is 2.45. The monoisotopic (exact) mass is 238 g/mol. The van der Waals surface area contributed by atoms with Crippen LogP contribution in [0.4, 0.5) is 13.3 Å². The lowest BCUT2D eigenvalue weighted by molar-refractivity contribution is -0.00618. The van der Waals surface area contributed by atoms with Gasteiger partial charge < -0.3 is 0 Å². The van der Waals surface area contributed by atoms with Crippen molar-refractivity contribution < 1.29 is 18.2 Å². The van der Waals surface area contributed by atoms with Crippen LogP contribution in [-0.4, -0.2) is 0 Å². The molecule has 0 aliphatic heterocycles. The molecule has 2 aromatic carbocycles. The molecular weight excluding hydrogens is 229 g/mol. The Morgan fingerprint density at radius 3 is 1.88 bits per heavy atom. The lowest BCUT2D eigenvalue weighted by atomic mass is 10.0. The second kappa shape index (κ2) is 4.49. The van der Waals surface area contributed by atoms with Gasteiger partial charge in [0.2, 0.25) is 0 Å². The van der Waals surface area contributed by atoms with E-state index in [1.165, 1.54) is 43.3 Å². The third-order valence-electron chi connectivity index (χ3n) is 2.56. The summed E-state index contributed by atoms with van der Waals surface area (Å²) in [5, 5.41) is 0. The molecule has 0 fully saturated rings. The van der Waals surface area contributed by atoms with Crippen LogP contribution in [0.5, 0.6) is 5.75 Å².